The molecular formula is C33H40FN3O6S. The Balaban J connectivity index is 1.74. The number of sulfonamides is 1. The molecule has 0 saturated heterocycles. The van der Waals surface area contributed by atoms with E-state index in [4.69, 9.17) is 9.47 Å². The van der Waals surface area contributed by atoms with Gasteiger partial charge in [0, 0.05) is 18.7 Å². The molecule has 236 valence electrons. The van der Waals surface area contributed by atoms with Crippen molar-refractivity contribution in [3.8, 4) is 11.5 Å². The molecule has 1 saturated carbocycles. The Morgan fingerprint density at radius 2 is 1.55 bits per heavy atom. The van der Waals surface area contributed by atoms with Crippen LogP contribution in [0.3, 0.4) is 0 Å². The van der Waals surface area contributed by atoms with Crippen molar-refractivity contribution in [1.29, 1.82) is 0 Å². The Hall–Kier alpha value is -4.12. The minimum Gasteiger partial charge on any atom is -0.493 e. The predicted molar refractivity (Wildman–Crippen MR) is 167 cm³/mol. The molecule has 0 radical (unpaired) electrons. The molecule has 1 N–H and O–H groups in total. The fourth-order valence-corrected chi connectivity index (χ4v) is 6.90. The van der Waals surface area contributed by atoms with Gasteiger partial charge in [-0.15, -0.1) is 0 Å². The lowest BCUT2D eigenvalue weighted by Gasteiger charge is -2.32. The molecule has 44 heavy (non-hydrogen) atoms. The molecule has 2 amide bonds. The maximum atomic E-state index is 14.2. The number of amides is 2. The van der Waals surface area contributed by atoms with Crippen molar-refractivity contribution in [3.63, 3.8) is 0 Å². The molecule has 0 aliphatic heterocycles. The Kier molecular flexibility index (Phi) is 10.5. The lowest BCUT2D eigenvalue weighted by Crippen LogP contribution is -2.52. The SMILES string of the molecule is COc1ccc(S(=O)(=O)N(CC(=O)N(Cc2ccc(F)cc2)C(C)C(=O)NC2CCCC2)c2cc(C)cc(C)c2)cc1OC. The Bertz CT molecular complexity index is 1570. The zero-order valence-electron chi connectivity index (χ0n) is 25.8. The van der Waals surface area contributed by atoms with Crippen molar-refractivity contribution in [1.82, 2.24) is 10.2 Å². The largest absolute Gasteiger partial charge is 0.493 e. The highest BCUT2D eigenvalue weighted by Gasteiger charge is 2.34. The fraction of sp³-hybridized carbons (Fsp3) is 0.394. The van der Waals surface area contributed by atoms with Gasteiger partial charge in [0.15, 0.2) is 11.5 Å². The van der Waals surface area contributed by atoms with Crippen LogP contribution >= 0.6 is 0 Å². The van der Waals surface area contributed by atoms with E-state index in [0.717, 1.165) is 41.1 Å². The van der Waals surface area contributed by atoms with Crippen molar-refractivity contribution < 1.29 is 31.9 Å². The number of aryl methyl sites for hydroxylation is 2. The normalized spacial score (nSPS) is 14.1. The smallest absolute Gasteiger partial charge is 0.264 e. The van der Waals surface area contributed by atoms with Gasteiger partial charge in [-0.05, 0) is 86.7 Å². The number of halogens is 1. The summed E-state index contributed by atoms with van der Waals surface area (Å²) in [6.45, 7) is 4.71. The van der Waals surface area contributed by atoms with Crippen molar-refractivity contribution >= 4 is 27.5 Å². The van der Waals surface area contributed by atoms with Crippen LogP contribution in [0.1, 0.15) is 49.3 Å². The van der Waals surface area contributed by atoms with E-state index in [0.29, 0.717) is 17.0 Å². The molecule has 1 aliphatic rings. The maximum absolute atomic E-state index is 14.2. The molecule has 1 fully saturated rings. The van der Waals surface area contributed by atoms with Crippen LogP contribution in [-0.2, 0) is 26.2 Å². The number of ether oxygens (including phenoxy) is 2. The minimum absolute atomic E-state index is 0.0184. The van der Waals surface area contributed by atoms with Crippen molar-refractivity contribution in [2.24, 2.45) is 0 Å². The zero-order valence-corrected chi connectivity index (χ0v) is 26.6. The summed E-state index contributed by atoms with van der Waals surface area (Å²) < 4.78 is 53.9. The van der Waals surface area contributed by atoms with Crippen LogP contribution in [0.4, 0.5) is 10.1 Å². The van der Waals surface area contributed by atoms with Crippen LogP contribution in [0, 0.1) is 19.7 Å². The van der Waals surface area contributed by atoms with Gasteiger partial charge in [-0.2, -0.15) is 0 Å². The van der Waals surface area contributed by atoms with E-state index in [1.807, 2.05) is 19.9 Å². The maximum Gasteiger partial charge on any atom is 0.264 e. The Labute approximate surface area is 259 Å². The number of anilines is 1. The van der Waals surface area contributed by atoms with Crippen LogP contribution in [0.15, 0.2) is 65.6 Å². The van der Waals surface area contributed by atoms with Crippen molar-refractivity contribution in [2.45, 2.75) is 70.0 Å². The molecule has 0 bridgehead atoms. The number of carbonyl (C=O) groups is 2. The van der Waals surface area contributed by atoms with Gasteiger partial charge in [-0.3, -0.25) is 13.9 Å². The third kappa shape index (κ3) is 7.68. The van der Waals surface area contributed by atoms with E-state index in [1.165, 1.54) is 49.5 Å². The van der Waals surface area contributed by atoms with Gasteiger partial charge in [0.1, 0.15) is 18.4 Å². The monoisotopic (exact) mass is 625 g/mol. The van der Waals surface area contributed by atoms with E-state index < -0.39 is 34.3 Å². The average Bonchev–Trinajstić information content (AvgIpc) is 3.51. The van der Waals surface area contributed by atoms with Gasteiger partial charge in [-0.1, -0.05) is 31.0 Å². The standard InChI is InChI=1S/C33H40FN3O6S/c1-22-16-23(2)18-28(17-22)37(44(40,41)29-14-15-30(42-4)31(19-29)43-5)21-32(38)36(20-25-10-12-26(34)13-11-25)24(3)33(39)35-27-8-6-7-9-27/h10-19,24,27H,6-9,20-21H2,1-5H3,(H,35,39). The quantitative estimate of drug-likeness (QED) is 0.299. The Morgan fingerprint density at radius 3 is 2.14 bits per heavy atom. The van der Waals surface area contributed by atoms with Gasteiger partial charge in [0.05, 0.1) is 24.8 Å². The fourth-order valence-electron chi connectivity index (χ4n) is 5.49. The number of nitrogens with zero attached hydrogens (tertiary/aromatic N) is 2. The molecule has 3 aromatic carbocycles. The third-order valence-electron chi connectivity index (χ3n) is 7.85. The highest BCUT2D eigenvalue weighted by Crippen LogP contribution is 2.33. The van der Waals surface area contributed by atoms with Crippen LogP contribution in [-0.4, -0.2) is 58.0 Å². The molecule has 1 unspecified atom stereocenters. The summed E-state index contributed by atoms with van der Waals surface area (Å²) in [6, 6.07) is 14.3. The van der Waals surface area contributed by atoms with E-state index in [1.54, 1.807) is 31.2 Å². The third-order valence-corrected chi connectivity index (χ3v) is 9.62. The Morgan fingerprint density at radius 1 is 0.932 bits per heavy atom. The van der Waals surface area contributed by atoms with E-state index in [9.17, 15) is 22.4 Å². The number of hydrogen-bond donors (Lipinski definition) is 1. The van der Waals surface area contributed by atoms with E-state index in [2.05, 4.69) is 5.32 Å². The van der Waals surface area contributed by atoms with Crippen LogP contribution in [0.5, 0.6) is 11.5 Å². The first-order chi connectivity index (χ1) is 20.9. The van der Waals surface area contributed by atoms with Crippen LogP contribution in [0.2, 0.25) is 0 Å². The average molecular weight is 626 g/mol. The van der Waals surface area contributed by atoms with Crippen molar-refractivity contribution in [3.05, 3.63) is 83.2 Å². The summed E-state index contributed by atoms with van der Waals surface area (Å²) in [7, 11) is -1.46. The zero-order chi connectivity index (χ0) is 32.0. The topological polar surface area (TPSA) is 105 Å². The summed E-state index contributed by atoms with van der Waals surface area (Å²) in [5.41, 5.74) is 2.52. The molecular weight excluding hydrogens is 585 g/mol. The van der Waals surface area contributed by atoms with Gasteiger partial charge < -0.3 is 19.7 Å². The van der Waals surface area contributed by atoms with Crippen LogP contribution in [0.25, 0.3) is 0 Å². The first kappa shape index (κ1) is 32.8. The lowest BCUT2D eigenvalue weighted by atomic mass is 10.1. The molecule has 0 aromatic heterocycles. The summed E-state index contributed by atoms with van der Waals surface area (Å²) in [5.74, 6) is -0.774. The number of methoxy groups -OCH3 is 2. The van der Waals surface area contributed by atoms with Gasteiger partial charge in [-0.25, -0.2) is 12.8 Å². The van der Waals surface area contributed by atoms with Crippen molar-refractivity contribution in [2.75, 3.05) is 25.1 Å². The molecule has 0 spiro atoms. The van der Waals surface area contributed by atoms with Gasteiger partial charge in [0.2, 0.25) is 11.8 Å². The van der Waals surface area contributed by atoms with E-state index >= 15 is 0 Å². The highest BCUT2D eigenvalue weighted by atomic mass is 32.2. The van der Waals surface area contributed by atoms with E-state index in [-0.39, 0.29) is 29.1 Å². The summed E-state index contributed by atoms with van der Waals surface area (Å²) >= 11 is 0. The number of nitrogens with one attached hydrogen (secondary N) is 1. The van der Waals surface area contributed by atoms with Crippen LogP contribution < -0.4 is 19.1 Å². The predicted octanol–water partition coefficient (Wildman–Crippen LogP) is 5.13. The summed E-state index contributed by atoms with van der Waals surface area (Å²) in [5, 5.41) is 3.04. The van der Waals surface area contributed by atoms with Gasteiger partial charge in [0.25, 0.3) is 10.0 Å². The number of rotatable bonds is 12. The first-order valence-electron chi connectivity index (χ1n) is 14.6. The highest BCUT2D eigenvalue weighted by molar-refractivity contribution is 7.92. The number of benzene rings is 3. The molecule has 0 heterocycles. The number of carbonyl (C=O) groups excluding carboxylic acids is 2. The minimum atomic E-state index is -4.32. The lowest BCUT2D eigenvalue weighted by molar-refractivity contribution is -0.139. The number of hydrogen-bond acceptors (Lipinski definition) is 6. The molecule has 3 aromatic rings. The van der Waals surface area contributed by atoms with Gasteiger partial charge >= 0.3 is 0 Å². The second-order valence-electron chi connectivity index (χ2n) is 11.2. The second kappa shape index (κ2) is 14.1. The molecule has 9 nitrogen and oxygen atoms in total. The second-order valence-corrected chi connectivity index (χ2v) is 13.1. The summed E-state index contributed by atoms with van der Waals surface area (Å²) in [6.07, 6.45) is 3.79. The molecule has 4 rings (SSSR count). The first-order valence-corrected chi connectivity index (χ1v) is 16.0. The summed E-state index contributed by atoms with van der Waals surface area (Å²) in [4.78, 5) is 28.8. The molecule has 11 heteroatoms. The molecule has 1 aliphatic carbocycles. The molecule has 1 atom stereocenters.